The number of rotatable bonds is 6. The quantitative estimate of drug-likeness (QED) is 0.864. The lowest BCUT2D eigenvalue weighted by Crippen LogP contribution is -2.38. The van der Waals surface area contributed by atoms with Gasteiger partial charge in [0.25, 0.3) is 0 Å². The van der Waals surface area contributed by atoms with Crippen molar-refractivity contribution >= 4 is 17.5 Å². The van der Waals surface area contributed by atoms with Crippen LogP contribution in [0.15, 0.2) is 24.3 Å². The third kappa shape index (κ3) is 3.59. The first-order valence-electron chi connectivity index (χ1n) is 7.27. The summed E-state index contributed by atoms with van der Waals surface area (Å²) in [5.74, 6) is 0.340. The SMILES string of the molecule is CCc1ccccc1N(CCNC(=O)C1CC1)C(C)=O. The van der Waals surface area contributed by atoms with Crippen molar-refractivity contribution in [3.8, 4) is 0 Å². The van der Waals surface area contributed by atoms with E-state index >= 15 is 0 Å². The molecule has 1 aliphatic carbocycles. The van der Waals surface area contributed by atoms with Gasteiger partial charge in [-0.25, -0.2) is 0 Å². The molecule has 2 rings (SSSR count). The van der Waals surface area contributed by atoms with Gasteiger partial charge in [-0.15, -0.1) is 0 Å². The molecule has 1 aromatic rings. The Labute approximate surface area is 120 Å². The molecule has 0 atom stereocenters. The number of anilines is 1. The predicted molar refractivity (Wildman–Crippen MR) is 79.6 cm³/mol. The monoisotopic (exact) mass is 274 g/mol. The van der Waals surface area contributed by atoms with Crippen LogP contribution in [0, 0.1) is 5.92 Å². The number of carbonyl (C=O) groups is 2. The van der Waals surface area contributed by atoms with Crippen LogP contribution in [0.25, 0.3) is 0 Å². The fourth-order valence-electron chi connectivity index (χ4n) is 2.30. The van der Waals surface area contributed by atoms with E-state index in [0.717, 1.165) is 30.5 Å². The fourth-order valence-corrected chi connectivity index (χ4v) is 2.30. The molecule has 1 N–H and O–H groups in total. The normalized spacial score (nSPS) is 13.9. The number of carbonyl (C=O) groups excluding carboxylic acids is 2. The van der Waals surface area contributed by atoms with Crippen LogP contribution in [0.5, 0.6) is 0 Å². The number of nitrogens with zero attached hydrogens (tertiary/aromatic N) is 1. The average molecular weight is 274 g/mol. The van der Waals surface area contributed by atoms with E-state index in [-0.39, 0.29) is 17.7 Å². The summed E-state index contributed by atoms with van der Waals surface area (Å²) in [6.07, 6.45) is 2.89. The van der Waals surface area contributed by atoms with Crippen molar-refractivity contribution in [3.05, 3.63) is 29.8 Å². The molecule has 20 heavy (non-hydrogen) atoms. The minimum atomic E-state index is 0.00608. The molecule has 0 heterocycles. The molecule has 4 heteroatoms. The lowest BCUT2D eigenvalue weighted by Gasteiger charge is -2.24. The van der Waals surface area contributed by atoms with Crippen LogP contribution in [0.4, 0.5) is 5.69 Å². The van der Waals surface area contributed by atoms with Crippen LogP contribution in [0.1, 0.15) is 32.3 Å². The van der Waals surface area contributed by atoms with Crippen LogP contribution in [0.2, 0.25) is 0 Å². The second kappa shape index (κ2) is 6.55. The zero-order chi connectivity index (χ0) is 14.5. The minimum absolute atomic E-state index is 0.00608. The van der Waals surface area contributed by atoms with Gasteiger partial charge in [0.2, 0.25) is 11.8 Å². The van der Waals surface area contributed by atoms with E-state index in [2.05, 4.69) is 12.2 Å². The number of para-hydroxylation sites is 1. The van der Waals surface area contributed by atoms with Gasteiger partial charge in [-0.1, -0.05) is 25.1 Å². The second-order valence-electron chi connectivity index (χ2n) is 5.22. The lowest BCUT2D eigenvalue weighted by atomic mass is 10.1. The third-order valence-electron chi connectivity index (χ3n) is 3.63. The highest BCUT2D eigenvalue weighted by Crippen LogP contribution is 2.28. The van der Waals surface area contributed by atoms with E-state index < -0.39 is 0 Å². The van der Waals surface area contributed by atoms with Crippen LogP contribution < -0.4 is 10.2 Å². The number of hydrogen-bond acceptors (Lipinski definition) is 2. The molecule has 0 bridgehead atoms. The molecular formula is C16H22N2O2. The Morgan fingerprint density at radius 1 is 1.30 bits per heavy atom. The van der Waals surface area contributed by atoms with Gasteiger partial charge in [0.1, 0.15) is 0 Å². The number of nitrogens with one attached hydrogen (secondary N) is 1. The molecule has 1 aliphatic rings. The Morgan fingerprint density at radius 3 is 2.60 bits per heavy atom. The topological polar surface area (TPSA) is 49.4 Å². The summed E-state index contributed by atoms with van der Waals surface area (Å²) in [6.45, 7) is 4.67. The van der Waals surface area contributed by atoms with Gasteiger partial charge >= 0.3 is 0 Å². The molecular weight excluding hydrogens is 252 g/mol. The molecule has 1 fully saturated rings. The molecule has 0 radical (unpaired) electrons. The van der Waals surface area contributed by atoms with Crippen molar-refractivity contribution in [1.29, 1.82) is 0 Å². The molecule has 0 saturated heterocycles. The summed E-state index contributed by atoms with van der Waals surface area (Å²) in [6, 6.07) is 7.92. The van der Waals surface area contributed by atoms with E-state index in [4.69, 9.17) is 0 Å². The van der Waals surface area contributed by atoms with Gasteiger partial charge < -0.3 is 10.2 Å². The number of amides is 2. The van der Waals surface area contributed by atoms with Gasteiger partial charge in [-0.2, -0.15) is 0 Å². The molecule has 2 amide bonds. The standard InChI is InChI=1S/C16H22N2O2/c1-3-13-6-4-5-7-15(13)18(12(2)19)11-10-17-16(20)14-8-9-14/h4-7,14H,3,8-11H2,1-2H3,(H,17,20). The average Bonchev–Trinajstić information content (AvgIpc) is 3.27. The molecule has 1 aromatic carbocycles. The first kappa shape index (κ1) is 14.6. The van der Waals surface area contributed by atoms with Crippen molar-refractivity contribution in [2.75, 3.05) is 18.0 Å². The highest BCUT2D eigenvalue weighted by Gasteiger charge is 2.29. The summed E-state index contributed by atoms with van der Waals surface area (Å²) >= 11 is 0. The van der Waals surface area contributed by atoms with Crippen molar-refractivity contribution in [2.24, 2.45) is 5.92 Å². The maximum atomic E-state index is 11.8. The van der Waals surface area contributed by atoms with E-state index in [1.807, 2.05) is 24.3 Å². The van der Waals surface area contributed by atoms with Gasteiger partial charge in [0.05, 0.1) is 0 Å². The molecule has 4 nitrogen and oxygen atoms in total. The summed E-state index contributed by atoms with van der Waals surface area (Å²) in [7, 11) is 0. The minimum Gasteiger partial charge on any atom is -0.354 e. The van der Waals surface area contributed by atoms with Gasteiger partial charge in [-0.3, -0.25) is 9.59 Å². The van der Waals surface area contributed by atoms with Crippen LogP contribution in [0.3, 0.4) is 0 Å². The zero-order valence-corrected chi connectivity index (χ0v) is 12.2. The fraction of sp³-hybridized carbons (Fsp3) is 0.500. The van der Waals surface area contributed by atoms with E-state index in [1.54, 1.807) is 11.8 Å². The molecule has 0 aliphatic heterocycles. The van der Waals surface area contributed by atoms with Gasteiger partial charge in [0, 0.05) is 31.6 Å². The number of aryl methyl sites for hydroxylation is 1. The Kier molecular flexibility index (Phi) is 4.77. The molecule has 0 aromatic heterocycles. The largest absolute Gasteiger partial charge is 0.354 e. The maximum Gasteiger partial charge on any atom is 0.223 e. The zero-order valence-electron chi connectivity index (χ0n) is 12.2. The number of benzene rings is 1. The highest BCUT2D eigenvalue weighted by molar-refractivity contribution is 5.92. The molecule has 0 spiro atoms. The number of hydrogen-bond donors (Lipinski definition) is 1. The molecule has 0 unspecified atom stereocenters. The van der Waals surface area contributed by atoms with Crippen molar-refractivity contribution in [2.45, 2.75) is 33.1 Å². The van der Waals surface area contributed by atoms with Crippen molar-refractivity contribution in [3.63, 3.8) is 0 Å². The van der Waals surface area contributed by atoms with Crippen LogP contribution in [-0.2, 0) is 16.0 Å². The van der Waals surface area contributed by atoms with Crippen molar-refractivity contribution in [1.82, 2.24) is 5.32 Å². The Hall–Kier alpha value is -1.84. The Balaban J connectivity index is 1.99. The first-order chi connectivity index (χ1) is 9.63. The Bertz CT molecular complexity index is 495. The Morgan fingerprint density at radius 2 is 2.00 bits per heavy atom. The summed E-state index contributed by atoms with van der Waals surface area (Å²) in [5.41, 5.74) is 2.10. The van der Waals surface area contributed by atoms with E-state index in [9.17, 15) is 9.59 Å². The third-order valence-corrected chi connectivity index (χ3v) is 3.63. The molecule has 108 valence electrons. The second-order valence-corrected chi connectivity index (χ2v) is 5.22. The molecule has 1 saturated carbocycles. The van der Waals surface area contributed by atoms with Crippen LogP contribution >= 0.6 is 0 Å². The summed E-state index contributed by atoms with van der Waals surface area (Å²) in [4.78, 5) is 25.2. The van der Waals surface area contributed by atoms with Gasteiger partial charge in [0.15, 0.2) is 0 Å². The highest BCUT2D eigenvalue weighted by atomic mass is 16.2. The lowest BCUT2D eigenvalue weighted by molar-refractivity contribution is -0.122. The van der Waals surface area contributed by atoms with Crippen molar-refractivity contribution < 1.29 is 9.59 Å². The van der Waals surface area contributed by atoms with Crippen LogP contribution in [-0.4, -0.2) is 24.9 Å². The summed E-state index contributed by atoms with van der Waals surface area (Å²) < 4.78 is 0. The first-order valence-corrected chi connectivity index (χ1v) is 7.27. The maximum absolute atomic E-state index is 11.8. The predicted octanol–water partition coefficient (Wildman–Crippen LogP) is 2.13. The van der Waals surface area contributed by atoms with E-state index in [1.165, 1.54) is 0 Å². The van der Waals surface area contributed by atoms with Gasteiger partial charge in [-0.05, 0) is 30.9 Å². The summed E-state index contributed by atoms with van der Waals surface area (Å²) in [5, 5.41) is 2.90. The smallest absolute Gasteiger partial charge is 0.223 e. The van der Waals surface area contributed by atoms with E-state index in [0.29, 0.717) is 13.1 Å².